The predicted molar refractivity (Wildman–Crippen MR) is 81.7 cm³/mol. The van der Waals surface area contributed by atoms with Crippen molar-refractivity contribution in [3.8, 4) is 0 Å². The van der Waals surface area contributed by atoms with E-state index in [9.17, 15) is 0 Å². The van der Waals surface area contributed by atoms with E-state index in [-0.39, 0.29) is 0 Å². The molecule has 0 amide bonds. The first-order chi connectivity index (χ1) is 9.72. The van der Waals surface area contributed by atoms with Crippen molar-refractivity contribution in [2.75, 3.05) is 19.6 Å². The Morgan fingerprint density at radius 3 is 3.10 bits per heavy atom. The second-order valence-electron chi connectivity index (χ2n) is 6.16. The zero-order chi connectivity index (χ0) is 13.9. The van der Waals surface area contributed by atoms with Crippen LogP contribution in [0, 0.1) is 5.92 Å². The summed E-state index contributed by atoms with van der Waals surface area (Å²) in [5.74, 6) is 0.739. The highest BCUT2D eigenvalue weighted by Crippen LogP contribution is 2.16. The lowest BCUT2D eigenvalue weighted by Gasteiger charge is -2.36. The van der Waals surface area contributed by atoms with Crippen LogP contribution in [0.5, 0.6) is 0 Å². The number of hydrogen-bond donors (Lipinski definition) is 1. The van der Waals surface area contributed by atoms with E-state index in [1.54, 1.807) is 0 Å². The van der Waals surface area contributed by atoms with Crippen molar-refractivity contribution in [3.05, 3.63) is 36.3 Å². The lowest BCUT2D eigenvalue weighted by molar-refractivity contribution is 0.133. The smallest absolute Gasteiger partial charge is 0.137 e. The fourth-order valence-corrected chi connectivity index (χ4v) is 3.06. The minimum absolute atomic E-state index is 0.633. The molecule has 3 heterocycles. The van der Waals surface area contributed by atoms with Gasteiger partial charge < -0.3 is 9.72 Å². The zero-order valence-corrected chi connectivity index (χ0v) is 12.4. The Bertz CT molecular complexity index is 527. The molecule has 1 fully saturated rings. The maximum atomic E-state index is 4.72. The Morgan fingerprint density at radius 1 is 1.40 bits per heavy atom. The molecule has 20 heavy (non-hydrogen) atoms. The van der Waals surface area contributed by atoms with Gasteiger partial charge in [-0.25, -0.2) is 4.98 Å². The molecule has 0 bridgehead atoms. The first-order valence-corrected chi connectivity index (χ1v) is 7.60. The van der Waals surface area contributed by atoms with Crippen LogP contribution in [-0.2, 0) is 6.54 Å². The molecule has 0 saturated carbocycles. The van der Waals surface area contributed by atoms with Gasteiger partial charge in [-0.15, -0.1) is 0 Å². The number of piperazine rings is 1. The number of rotatable bonds is 4. The molecule has 0 aliphatic carbocycles. The van der Waals surface area contributed by atoms with Crippen LogP contribution in [-0.4, -0.2) is 40.0 Å². The predicted octanol–water partition coefficient (Wildman–Crippen LogP) is 2.15. The molecular weight excluding hydrogens is 248 g/mol. The molecule has 108 valence electrons. The third-order valence-corrected chi connectivity index (χ3v) is 3.99. The molecule has 1 aliphatic rings. The lowest BCUT2D eigenvalue weighted by Crippen LogP contribution is -2.51. The van der Waals surface area contributed by atoms with E-state index in [2.05, 4.69) is 46.9 Å². The largest absolute Gasteiger partial charge is 0.314 e. The molecule has 1 unspecified atom stereocenters. The van der Waals surface area contributed by atoms with E-state index >= 15 is 0 Å². The molecular formula is C16H24N4. The Kier molecular flexibility index (Phi) is 4.03. The van der Waals surface area contributed by atoms with Crippen LogP contribution in [0.25, 0.3) is 5.65 Å². The Balaban J connectivity index is 1.74. The van der Waals surface area contributed by atoms with Gasteiger partial charge in [-0.3, -0.25) is 4.90 Å². The number of hydrogen-bond acceptors (Lipinski definition) is 3. The number of pyridine rings is 1. The van der Waals surface area contributed by atoms with Gasteiger partial charge in [0, 0.05) is 44.6 Å². The van der Waals surface area contributed by atoms with Gasteiger partial charge in [0.25, 0.3) is 0 Å². The van der Waals surface area contributed by atoms with Crippen LogP contribution in [0.3, 0.4) is 0 Å². The highest BCUT2D eigenvalue weighted by atomic mass is 15.2. The maximum absolute atomic E-state index is 4.72. The SMILES string of the molecule is CC(C)CC1CNCCN1Cc1cn2ccccc2n1. The molecule has 2 aromatic heterocycles. The molecule has 2 aromatic rings. The van der Waals surface area contributed by atoms with Crippen molar-refractivity contribution in [2.24, 2.45) is 5.92 Å². The molecule has 1 aliphatic heterocycles. The Hall–Kier alpha value is -1.39. The number of aromatic nitrogens is 2. The summed E-state index contributed by atoms with van der Waals surface area (Å²) in [5.41, 5.74) is 2.21. The van der Waals surface area contributed by atoms with Gasteiger partial charge in [-0.2, -0.15) is 0 Å². The van der Waals surface area contributed by atoms with Crippen LogP contribution < -0.4 is 5.32 Å². The van der Waals surface area contributed by atoms with Crippen molar-refractivity contribution in [2.45, 2.75) is 32.9 Å². The van der Waals surface area contributed by atoms with Crippen LogP contribution in [0.4, 0.5) is 0 Å². The molecule has 1 saturated heterocycles. The summed E-state index contributed by atoms with van der Waals surface area (Å²) in [5, 5.41) is 3.52. The summed E-state index contributed by atoms with van der Waals surface area (Å²) in [6.07, 6.45) is 5.47. The molecule has 1 atom stereocenters. The fraction of sp³-hybridized carbons (Fsp3) is 0.562. The van der Waals surface area contributed by atoms with Gasteiger partial charge in [0.1, 0.15) is 5.65 Å². The third kappa shape index (κ3) is 3.02. The second-order valence-corrected chi connectivity index (χ2v) is 6.16. The average molecular weight is 272 g/mol. The molecule has 0 radical (unpaired) electrons. The molecule has 1 N–H and O–H groups in total. The molecule has 0 spiro atoms. The Labute approximate surface area is 120 Å². The molecule has 4 nitrogen and oxygen atoms in total. The quantitative estimate of drug-likeness (QED) is 0.925. The number of imidazole rings is 1. The van der Waals surface area contributed by atoms with Gasteiger partial charge in [0.2, 0.25) is 0 Å². The molecule has 4 heteroatoms. The standard InChI is InChI=1S/C16H24N4/c1-13(2)9-15-10-17-6-8-19(15)11-14-12-20-7-4-3-5-16(20)18-14/h3-5,7,12-13,15,17H,6,8-11H2,1-2H3. The van der Waals surface area contributed by atoms with Gasteiger partial charge in [0.05, 0.1) is 5.69 Å². The van der Waals surface area contributed by atoms with Crippen LogP contribution in [0.15, 0.2) is 30.6 Å². The van der Waals surface area contributed by atoms with Crippen molar-refractivity contribution < 1.29 is 0 Å². The van der Waals surface area contributed by atoms with E-state index in [0.29, 0.717) is 6.04 Å². The van der Waals surface area contributed by atoms with E-state index in [1.165, 1.54) is 12.1 Å². The summed E-state index contributed by atoms with van der Waals surface area (Å²) in [6, 6.07) is 6.78. The van der Waals surface area contributed by atoms with Gasteiger partial charge in [0.15, 0.2) is 0 Å². The van der Waals surface area contributed by atoms with Crippen molar-refractivity contribution in [1.29, 1.82) is 0 Å². The zero-order valence-electron chi connectivity index (χ0n) is 12.4. The first kappa shape index (κ1) is 13.6. The monoisotopic (exact) mass is 272 g/mol. The highest BCUT2D eigenvalue weighted by molar-refractivity contribution is 5.39. The summed E-state index contributed by atoms with van der Waals surface area (Å²) in [4.78, 5) is 7.30. The minimum atomic E-state index is 0.633. The lowest BCUT2D eigenvalue weighted by atomic mass is 10.0. The Morgan fingerprint density at radius 2 is 2.30 bits per heavy atom. The summed E-state index contributed by atoms with van der Waals surface area (Å²) in [7, 11) is 0. The molecule has 0 aromatic carbocycles. The topological polar surface area (TPSA) is 32.6 Å². The third-order valence-electron chi connectivity index (χ3n) is 3.99. The summed E-state index contributed by atoms with van der Waals surface area (Å²) in [6.45, 7) is 8.87. The van der Waals surface area contributed by atoms with E-state index < -0.39 is 0 Å². The van der Waals surface area contributed by atoms with Crippen molar-refractivity contribution in [1.82, 2.24) is 19.6 Å². The number of nitrogens with zero attached hydrogens (tertiary/aromatic N) is 3. The number of fused-ring (bicyclic) bond motifs is 1. The minimum Gasteiger partial charge on any atom is -0.314 e. The van der Waals surface area contributed by atoms with E-state index in [4.69, 9.17) is 4.98 Å². The van der Waals surface area contributed by atoms with Crippen LogP contribution in [0.1, 0.15) is 26.0 Å². The van der Waals surface area contributed by atoms with Crippen LogP contribution >= 0.6 is 0 Å². The first-order valence-electron chi connectivity index (χ1n) is 7.60. The molecule has 3 rings (SSSR count). The van der Waals surface area contributed by atoms with E-state index in [0.717, 1.165) is 37.7 Å². The average Bonchev–Trinajstić information content (AvgIpc) is 2.82. The summed E-state index contributed by atoms with van der Waals surface area (Å²) < 4.78 is 2.11. The highest BCUT2D eigenvalue weighted by Gasteiger charge is 2.23. The van der Waals surface area contributed by atoms with Gasteiger partial charge in [-0.1, -0.05) is 19.9 Å². The van der Waals surface area contributed by atoms with Gasteiger partial charge in [-0.05, 0) is 24.5 Å². The van der Waals surface area contributed by atoms with Gasteiger partial charge >= 0.3 is 0 Å². The maximum Gasteiger partial charge on any atom is 0.137 e. The second kappa shape index (κ2) is 5.94. The van der Waals surface area contributed by atoms with E-state index in [1.807, 2.05) is 12.1 Å². The number of nitrogens with one attached hydrogen (secondary N) is 1. The fourth-order valence-electron chi connectivity index (χ4n) is 3.06. The summed E-state index contributed by atoms with van der Waals surface area (Å²) >= 11 is 0. The normalized spacial score (nSPS) is 20.9. The van der Waals surface area contributed by atoms with Crippen LogP contribution in [0.2, 0.25) is 0 Å². The van der Waals surface area contributed by atoms with Crippen molar-refractivity contribution >= 4 is 5.65 Å². The van der Waals surface area contributed by atoms with Crippen molar-refractivity contribution in [3.63, 3.8) is 0 Å².